The lowest BCUT2D eigenvalue weighted by molar-refractivity contribution is -0.140. The molecule has 1 atom stereocenters. The molecular weight excluding hydrogens is 344 g/mol. The second-order valence-corrected chi connectivity index (χ2v) is 6.41. The monoisotopic (exact) mass is 366 g/mol. The number of allylic oxidation sites excluding steroid dienone is 1. The average Bonchev–Trinajstić information content (AvgIpc) is 2.66. The summed E-state index contributed by atoms with van der Waals surface area (Å²) in [5.41, 5.74) is 3.63. The number of aryl methyl sites for hydroxylation is 1. The summed E-state index contributed by atoms with van der Waals surface area (Å²) in [6, 6.07) is 14.0. The topological polar surface area (TPSA) is 76.7 Å². The molecule has 0 bridgehead atoms. The Bertz CT molecular complexity index is 887. The second kappa shape index (κ2) is 7.95. The van der Waals surface area contributed by atoms with E-state index in [1.54, 1.807) is 26.2 Å². The van der Waals surface area contributed by atoms with Gasteiger partial charge in [-0.1, -0.05) is 42.0 Å². The van der Waals surface area contributed by atoms with Gasteiger partial charge in [-0.3, -0.25) is 0 Å². The van der Waals surface area contributed by atoms with Crippen LogP contribution in [0.3, 0.4) is 0 Å². The first-order valence-corrected chi connectivity index (χ1v) is 8.63. The quantitative estimate of drug-likeness (QED) is 0.796. The Kier molecular flexibility index (Phi) is 5.45. The summed E-state index contributed by atoms with van der Waals surface area (Å²) < 4.78 is 10.8. The van der Waals surface area contributed by atoms with Crippen molar-refractivity contribution in [3.63, 3.8) is 0 Å². The van der Waals surface area contributed by atoms with Crippen molar-refractivity contribution in [3.05, 3.63) is 76.5 Å². The first kappa shape index (κ1) is 18.5. The lowest BCUT2D eigenvalue weighted by Crippen LogP contribution is -2.45. The molecule has 140 valence electrons. The minimum atomic E-state index is -0.612. The number of hydrogen-bond donors (Lipinski definition) is 2. The van der Waals surface area contributed by atoms with Crippen LogP contribution in [0.4, 0.5) is 4.79 Å². The molecule has 2 N–H and O–H groups in total. The van der Waals surface area contributed by atoms with E-state index in [0.29, 0.717) is 17.0 Å². The van der Waals surface area contributed by atoms with Crippen LogP contribution in [0.15, 0.2) is 59.8 Å². The maximum atomic E-state index is 12.8. The summed E-state index contributed by atoms with van der Waals surface area (Å²) in [5, 5.41) is 5.43. The molecule has 0 aliphatic carbocycles. The highest BCUT2D eigenvalue weighted by Gasteiger charge is 2.32. The summed E-state index contributed by atoms with van der Waals surface area (Å²) >= 11 is 0. The molecule has 0 spiro atoms. The van der Waals surface area contributed by atoms with Crippen LogP contribution in [0.2, 0.25) is 0 Å². The molecule has 27 heavy (non-hydrogen) atoms. The molecule has 2 amide bonds. The molecule has 2 aromatic carbocycles. The van der Waals surface area contributed by atoms with Gasteiger partial charge in [-0.15, -0.1) is 0 Å². The van der Waals surface area contributed by atoms with Gasteiger partial charge in [0.2, 0.25) is 0 Å². The van der Waals surface area contributed by atoms with Gasteiger partial charge in [0, 0.05) is 5.70 Å². The number of carbonyl (C=O) groups is 2. The summed E-state index contributed by atoms with van der Waals surface area (Å²) in [6.07, 6.45) is 0. The maximum Gasteiger partial charge on any atom is 0.338 e. The molecule has 0 unspecified atom stereocenters. The van der Waals surface area contributed by atoms with Gasteiger partial charge in [-0.2, -0.15) is 0 Å². The van der Waals surface area contributed by atoms with Gasteiger partial charge in [0.1, 0.15) is 12.4 Å². The van der Waals surface area contributed by atoms with E-state index in [1.807, 2.05) is 43.3 Å². The van der Waals surface area contributed by atoms with E-state index in [-0.39, 0.29) is 12.6 Å². The number of amides is 2. The Labute approximate surface area is 158 Å². The van der Waals surface area contributed by atoms with E-state index < -0.39 is 12.0 Å². The van der Waals surface area contributed by atoms with Crippen molar-refractivity contribution < 1.29 is 19.1 Å². The molecular formula is C21H22N2O4. The number of esters is 1. The van der Waals surface area contributed by atoms with Crippen molar-refractivity contribution in [2.24, 2.45) is 0 Å². The average molecular weight is 366 g/mol. The van der Waals surface area contributed by atoms with Gasteiger partial charge >= 0.3 is 12.0 Å². The third kappa shape index (κ3) is 4.28. The molecule has 6 nitrogen and oxygen atoms in total. The molecule has 0 saturated carbocycles. The largest absolute Gasteiger partial charge is 0.497 e. The van der Waals surface area contributed by atoms with Crippen molar-refractivity contribution in [1.82, 2.24) is 10.6 Å². The van der Waals surface area contributed by atoms with E-state index in [2.05, 4.69) is 10.6 Å². The SMILES string of the molecule is COc1cccc([C@H]2NC(=O)NC(C)=C2C(=O)OCc2ccc(C)cc2)c1. The van der Waals surface area contributed by atoms with Crippen molar-refractivity contribution >= 4 is 12.0 Å². The molecule has 0 aromatic heterocycles. The highest BCUT2D eigenvalue weighted by Crippen LogP contribution is 2.29. The Morgan fingerprint density at radius 2 is 1.85 bits per heavy atom. The van der Waals surface area contributed by atoms with Crippen LogP contribution >= 0.6 is 0 Å². The third-order valence-corrected chi connectivity index (χ3v) is 4.41. The molecule has 3 rings (SSSR count). The van der Waals surface area contributed by atoms with Gasteiger partial charge in [0.05, 0.1) is 18.7 Å². The van der Waals surface area contributed by atoms with Crippen LogP contribution < -0.4 is 15.4 Å². The molecule has 0 fully saturated rings. The Hall–Kier alpha value is -3.28. The van der Waals surface area contributed by atoms with Crippen molar-refractivity contribution in [2.45, 2.75) is 26.5 Å². The van der Waals surface area contributed by atoms with Crippen LogP contribution in [0.1, 0.15) is 29.7 Å². The fourth-order valence-electron chi connectivity index (χ4n) is 2.95. The number of urea groups is 1. The Morgan fingerprint density at radius 3 is 2.56 bits per heavy atom. The Balaban J connectivity index is 1.84. The zero-order valence-electron chi connectivity index (χ0n) is 15.5. The highest BCUT2D eigenvalue weighted by molar-refractivity contribution is 5.95. The number of hydrogen-bond acceptors (Lipinski definition) is 4. The van der Waals surface area contributed by atoms with E-state index in [9.17, 15) is 9.59 Å². The summed E-state index contributed by atoms with van der Waals surface area (Å²) in [4.78, 5) is 24.7. The normalized spacial score (nSPS) is 16.4. The lowest BCUT2D eigenvalue weighted by Gasteiger charge is -2.28. The maximum absolute atomic E-state index is 12.8. The first-order valence-electron chi connectivity index (χ1n) is 8.63. The van der Waals surface area contributed by atoms with Gasteiger partial charge in [0.25, 0.3) is 0 Å². The number of rotatable bonds is 5. The van der Waals surface area contributed by atoms with E-state index in [1.165, 1.54) is 0 Å². The highest BCUT2D eigenvalue weighted by atomic mass is 16.5. The predicted octanol–water partition coefficient (Wildman–Crippen LogP) is 3.37. The smallest absolute Gasteiger partial charge is 0.338 e. The minimum absolute atomic E-state index is 0.161. The fraction of sp³-hybridized carbons (Fsp3) is 0.238. The Morgan fingerprint density at radius 1 is 1.11 bits per heavy atom. The van der Waals surface area contributed by atoms with E-state index in [0.717, 1.165) is 16.7 Å². The van der Waals surface area contributed by atoms with Crippen LogP contribution in [0.25, 0.3) is 0 Å². The lowest BCUT2D eigenvalue weighted by atomic mass is 9.95. The number of benzene rings is 2. The molecule has 1 aliphatic rings. The number of ether oxygens (including phenoxy) is 2. The van der Waals surface area contributed by atoms with Crippen molar-refractivity contribution in [2.75, 3.05) is 7.11 Å². The molecule has 0 radical (unpaired) electrons. The molecule has 0 saturated heterocycles. The number of carbonyl (C=O) groups excluding carboxylic acids is 2. The fourth-order valence-corrected chi connectivity index (χ4v) is 2.95. The molecule has 2 aromatic rings. The minimum Gasteiger partial charge on any atom is -0.497 e. The van der Waals surface area contributed by atoms with Gasteiger partial charge in [-0.25, -0.2) is 9.59 Å². The number of methoxy groups -OCH3 is 1. The third-order valence-electron chi connectivity index (χ3n) is 4.41. The van der Waals surface area contributed by atoms with Gasteiger partial charge < -0.3 is 20.1 Å². The summed E-state index contributed by atoms with van der Waals surface area (Å²) in [7, 11) is 1.57. The van der Waals surface area contributed by atoms with Crippen LogP contribution in [0, 0.1) is 6.92 Å². The van der Waals surface area contributed by atoms with Crippen LogP contribution in [-0.2, 0) is 16.1 Å². The van der Waals surface area contributed by atoms with Crippen molar-refractivity contribution in [3.8, 4) is 5.75 Å². The number of nitrogens with one attached hydrogen (secondary N) is 2. The second-order valence-electron chi connectivity index (χ2n) is 6.41. The van der Waals surface area contributed by atoms with Gasteiger partial charge in [-0.05, 0) is 37.1 Å². The molecule has 6 heteroatoms. The van der Waals surface area contributed by atoms with E-state index >= 15 is 0 Å². The zero-order chi connectivity index (χ0) is 19.4. The van der Waals surface area contributed by atoms with Gasteiger partial charge in [0.15, 0.2) is 0 Å². The first-order chi connectivity index (χ1) is 13.0. The summed E-state index contributed by atoms with van der Waals surface area (Å²) in [5.74, 6) is 0.165. The predicted molar refractivity (Wildman–Crippen MR) is 101 cm³/mol. The molecule has 1 heterocycles. The molecule has 1 aliphatic heterocycles. The van der Waals surface area contributed by atoms with Crippen LogP contribution in [-0.4, -0.2) is 19.1 Å². The summed E-state index contributed by atoms with van der Waals surface area (Å²) in [6.45, 7) is 3.85. The standard InChI is InChI=1S/C21H22N2O4/c1-13-7-9-15(10-8-13)12-27-20(24)18-14(2)22-21(25)23-19(18)16-5-4-6-17(11-16)26-3/h4-11,19H,12H2,1-3H3,(H2,22,23,25)/t19-/m1/s1. The zero-order valence-corrected chi connectivity index (χ0v) is 15.5. The van der Waals surface area contributed by atoms with E-state index in [4.69, 9.17) is 9.47 Å². The van der Waals surface area contributed by atoms with Crippen molar-refractivity contribution in [1.29, 1.82) is 0 Å². The van der Waals surface area contributed by atoms with Crippen LogP contribution in [0.5, 0.6) is 5.75 Å².